The maximum atomic E-state index is 11.1. The van der Waals surface area contributed by atoms with E-state index in [0.29, 0.717) is 26.1 Å². The van der Waals surface area contributed by atoms with Crippen molar-refractivity contribution in [1.29, 1.82) is 0 Å². The molecule has 1 saturated heterocycles. The first kappa shape index (κ1) is 10.5. The Morgan fingerprint density at radius 3 is 2.56 bits per heavy atom. The maximum Gasteiger partial charge on any atom is 0.309 e. The normalized spacial score (nSPS) is 45.1. The second kappa shape index (κ2) is 3.42. The Morgan fingerprint density at radius 1 is 1.25 bits per heavy atom. The molecule has 0 unspecified atom stereocenters. The molecule has 1 spiro atoms. The number of carboxylic acid groups (broad SMARTS) is 1. The number of fused-ring (bicyclic) bond motifs is 1. The van der Waals surface area contributed by atoms with E-state index in [-0.39, 0.29) is 11.8 Å². The number of ether oxygens (including phenoxy) is 2. The zero-order valence-electron chi connectivity index (χ0n) is 8.96. The Morgan fingerprint density at radius 2 is 1.94 bits per heavy atom. The monoisotopic (exact) mass is 228 g/mol. The first-order valence-electron chi connectivity index (χ1n) is 5.80. The number of carbonyl (C=O) groups is 1. The summed E-state index contributed by atoms with van der Waals surface area (Å²) < 4.78 is 11.2. The number of rotatable bonds is 1. The molecular formula is C11H16O5. The number of aliphatic hydroxyl groups excluding tert-OH is 1. The van der Waals surface area contributed by atoms with Gasteiger partial charge in [0.25, 0.3) is 0 Å². The fraction of sp³-hybridized carbons (Fsp3) is 0.909. The van der Waals surface area contributed by atoms with Gasteiger partial charge in [-0.15, -0.1) is 0 Å². The molecule has 0 radical (unpaired) electrons. The Labute approximate surface area is 93.3 Å². The van der Waals surface area contributed by atoms with Gasteiger partial charge >= 0.3 is 5.97 Å². The third kappa shape index (κ3) is 1.38. The molecule has 1 heterocycles. The van der Waals surface area contributed by atoms with Gasteiger partial charge in [-0.2, -0.15) is 0 Å². The van der Waals surface area contributed by atoms with Crippen LogP contribution in [0.3, 0.4) is 0 Å². The SMILES string of the molecule is O=C(O)[C@@H]1[C@H]2CC3(C[C@@H]2C[C@H]1O)OCCO3. The highest BCUT2D eigenvalue weighted by atomic mass is 16.7. The average molecular weight is 228 g/mol. The van der Waals surface area contributed by atoms with Gasteiger partial charge in [-0.1, -0.05) is 0 Å². The van der Waals surface area contributed by atoms with E-state index in [1.807, 2.05) is 0 Å². The van der Waals surface area contributed by atoms with Crippen molar-refractivity contribution in [3.05, 3.63) is 0 Å². The van der Waals surface area contributed by atoms with Crippen LogP contribution >= 0.6 is 0 Å². The first-order chi connectivity index (χ1) is 7.61. The Hall–Kier alpha value is -0.650. The zero-order valence-corrected chi connectivity index (χ0v) is 8.96. The predicted octanol–water partition coefficient (Wildman–Crippen LogP) is 0.221. The molecular weight excluding hydrogens is 212 g/mol. The van der Waals surface area contributed by atoms with Crippen LogP contribution in [0.2, 0.25) is 0 Å². The summed E-state index contributed by atoms with van der Waals surface area (Å²) in [6.07, 6.45) is 1.21. The van der Waals surface area contributed by atoms with Crippen LogP contribution < -0.4 is 0 Å². The molecule has 16 heavy (non-hydrogen) atoms. The molecule has 3 aliphatic rings. The highest BCUT2D eigenvalue weighted by molar-refractivity contribution is 5.71. The van der Waals surface area contributed by atoms with Crippen LogP contribution in [0.15, 0.2) is 0 Å². The van der Waals surface area contributed by atoms with Crippen molar-refractivity contribution in [2.75, 3.05) is 13.2 Å². The number of aliphatic carboxylic acids is 1. The Kier molecular flexibility index (Phi) is 2.24. The third-order valence-corrected chi connectivity index (χ3v) is 4.24. The fourth-order valence-corrected chi connectivity index (χ4v) is 3.66. The summed E-state index contributed by atoms with van der Waals surface area (Å²) in [6.45, 7) is 1.19. The second-order valence-electron chi connectivity index (χ2n) is 5.11. The fourth-order valence-electron chi connectivity index (χ4n) is 3.66. The molecule has 2 aliphatic carbocycles. The summed E-state index contributed by atoms with van der Waals surface area (Å²) in [5.41, 5.74) is 0. The number of carboxylic acids is 1. The number of aliphatic hydroxyl groups is 1. The van der Waals surface area contributed by atoms with E-state index < -0.39 is 23.8 Å². The van der Waals surface area contributed by atoms with Crippen LogP contribution in [-0.2, 0) is 14.3 Å². The molecule has 0 aromatic heterocycles. The zero-order chi connectivity index (χ0) is 11.3. The van der Waals surface area contributed by atoms with Crippen LogP contribution in [0.5, 0.6) is 0 Å². The minimum atomic E-state index is -0.893. The van der Waals surface area contributed by atoms with Gasteiger partial charge in [-0.3, -0.25) is 4.79 Å². The van der Waals surface area contributed by atoms with Crippen molar-refractivity contribution >= 4 is 5.97 Å². The standard InChI is InChI=1S/C11H16O5/c12-8-3-6-4-11(15-1-2-16-11)5-7(6)9(8)10(13)14/h6-9,12H,1-5H2,(H,13,14)/t6-,7-,8+,9+/m0/s1. The molecule has 2 N–H and O–H groups in total. The van der Waals surface area contributed by atoms with Crippen molar-refractivity contribution in [2.45, 2.75) is 31.2 Å². The molecule has 0 amide bonds. The van der Waals surface area contributed by atoms with E-state index in [1.54, 1.807) is 0 Å². The molecule has 3 fully saturated rings. The van der Waals surface area contributed by atoms with Gasteiger partial charge in [0.05, 0.1) is 25.2 Å². The number of hydrogen-bond donors (Lipinski definition) is 2. The minimum absolute atomic E-state index is 0.00519. The molecule has 1 aliphatic heterocycles. The lowest BCUT2D eigenvalue weighted by Gasteiger charge is -2.24. The van der Waals surface area contributed by atoms with E-state index in [0.717, 1.165) is 6.42 Å². The highest BCUT2D eigenvalue weighted by Gasteiger charge is 2.58. The van der Waals surface area contributed by atoms with E-state index in [1.165, 1.54) is 0 Å². The van der Waals surface area contributed by atoms with Crippen LogP contribution in [0, 0.1) is 17.8 Å². The third-order valence-electron chi connectivity index (χ3n) is 4.24. The van der Waals surface area contributed by atoms with E-state index in [9.17, 15) is 9.90 Å². The van der Waals surface area contributed by atoms with Gasteiger partial charge in [0.1, 0.15) is 0 Å². The lowest BCUT2D eigenvalue weighted by Crippen LogP contribution is -2.32. The lowest BCUT2D eigenvalue weighted by molar-refractivity contribution is -0.162. The summed E-state index contributed by atoms with van der Waals surface area (Å²) in [4.78, 5) is 11.1. The largest absolute Gasteiger partial charge is 0.481 e. The summed E-state index contributed by atoms with van der Waals surface area (Å²) in [5, 5.41) is 18.9. The molecule has 3 rings (SSSR count). The van der Waals surface area contributed by atoms with Crippen LogP contribution in [0.4, 0.5) is 0 Å². The first-order valence-corrected chi connectivity index (χ1v) is 5.80. The summed E-state index contributed by atoms with van der Waals surface area (Å²) in [6, 6.07) is 0. The average Bonchev–Trinajstić information content (AvgIpc) is 2.81. The number of hydrogen-bond acceptors (Lipinski definition) is 4. The summed E-state index contributed by atoms with van der Waals surface area (Å²) >= 11 is 0. The quantitative estimate of drug-likeness (QED) is 0.671. The summed E-state index contributed by atoms with van der Waals surface area (Å²) in [5.74, 6) is -1.84. The molecule has 5 heteroatoms. The van der Waals surface area contributed by atoms with Crippen LogP contribution in [0.1, 0.15) is 19.3 Å². The predicted molar refractivity (Wildman–Crippen MR) is 52.6 cm³/mol. The smallest absolute Gasteiger partial charge is 0.309 e. The highest BCUT2D eigenvalue weighted by Crippen LogP contribution is 2.54. The molecule has 0 bridgehead atoms. The van der Waals surface area contributed by atoms with Crippen LogP contribution in [0.25, 0.3) is 0 Å². The molecule has 90 valence electrons. The minimum Gasteiger partial charge on any atom is -0.481 e. The topological polar surface area (TPSA) is 76.0 Å². The molecule has 4 atom stereocenters. The van der Waals surface area contributed by atoms with Crippen molar-refractivity contribution in [1.82, 2.24) is 0 Å². The molecule has 2 saturated carbocycles. The van der Waals surface area contributed by atoms with Gasteiger partial charge < -0.3 is 19.7 Å². The summed E-state index contributed by atoms with van der Waals surface area (Å²) in [7, 11) is 0. The van der Waals surface area contributed by atoms with E-state index >= 15 is 0 Å². The molecule has 0 aromatic rings. The Balaban J connectivity index is 1.80. The van der Waals surface area contributed by atoms with Gasteiger partial charge in [0.2, 0.25) is 0 Å². The van der Waals surface area contributed by atoms with E-state index in [2.05, 4.69) is 0 Å². The van der Waals surface area contributed by atoms with Gasteiger partial charge in [-0.05, 0) is 18.3 Å². The lowest BCUT2D eigenvalue weighted by atomic mass is 9.91. The van der Waals surface area contributed by atoms with Crippen molar-refractivity contribution < 1.29 is 24.5 Å². The van der Waals surface area contributed by atoms with Gasteiger partial charge in [0.15, 0.2) is 5.79 Å². The molecule has 5 nitrogen and oxygen atoms in total. The van der Waals surface area contributed by atoms with Crippen LogP contribution in [-0.4, -0.2) is 41.3 Å². The Bertz CT molecular complexity index is 309. The van der Waals surface area contributed by atoms with Gasteiger partial charge in [0, 0.05) is 12.8 Å². The van der Waals surface area contributed by atoms with Crippen molar-refractivity contribution in [3.8, 4) is 0 Å². The maximum absolute atomic E-state index is 11.1. The van der Waals surface area contributed by atoms with E-state index in [4.69, 9.17) is 14.6 Å². The van der Waals surface area contributed by atoms with Crippen molar-refractivity contribution in [3.63, 3.8) is 0 Å². The molecule has 0 aromatic carbocycles. The second-order valence-corrected chi connectivity index (χ2v) is 5.11. The van der Waals surface area contributed by atoms with Gasteiger partial charge in [-0.25, -0.2) is 0 Å². The van der Waals surface area contributed by atoms with Crippen molar-refractivity contribution in [2.24, 2.45) is 17.8 Å².